The minimum Gasteiger partial charge on any atom is -0.488 e. The van der Waals surface area contributed by atoms with Crippen LogP contribution in [-0.2, 0) is 6.61 Å². The van der Waals surface area contributed by atoms with Crippen molar-refractivity contribution in [2.45, 2.75) is 20.5 Å². The zero-order chi connectivity index (χ0) is 15.4. The van der Waals surface area contributed by atoms with Crippen molar-refractivity contribution in [3.8, 4) is 11.8 Å². The number of ether oxygens (including phenoxy) is 1. The molecule has 0 aliphatic carbocycles. The maximum Gasteiger partial charge on any atom is 0.163 e. The molecule has 0 saturated heterocycles. The second-order valence-corrected chi connectivity index (χ2v) is 4.77. The second kappa shape index (κ2) is 6.19. The molecule has 4 heteroatoms. The number of Topliss-reactive ketones (excluding diaryl/α,β-unsaturated/α-hetero) is 1. The molecule has 0 radical (unpaired) electrons. The van der Waals surface area contributed by atoms with Gasteiger partial charge in [0.2, 0.25) is 0 Å². The van der Waals surface area contributed by atoms with Gasteiger partial charge < -0.3 is 4.74 Å². The summed E-state index contributed by atoms with van der Waals surface area (Å²) in [6.07, 6.45) is 0. The lowest BCUT2D eigenvalue weighted by Gasteiger charge is -2.11. The van der Waals surface area contributed by atoms with Crippen molar-refractivity contribution in [2.24, 2.45) is 0 Å². The molecule has 3 nitrogen and oxygen atoms in total. The lowest BCUT2D eigenvalue weighted by atomic mass is 10.1. The predicted molar refractivity (Wildman–Crippen MR) is 76.6 cm³/mol. The average Bonchev–Trinajstić information content (AvgIpc) is 2.46. The molecule has 0 fully saturated rings. The van der Waals surface area contributed by atoms with E-state index in [0.717, 1.165) is 5.56 Å². The smallest absolute Gasteiger partial charge is 0.163 e. The fraction of sp³-hybridized carbons (Fsp3) is 0.176. The summed E-state index contributed by atoms with van der Waals surface area (Å²) >= 11 is 0. The van der Waals surface area contributed by atoms with Crippen LogP contribution in [0, 0.1) is 24.1 Å². The highest BCUT2D eigenvalue weighted by atomic mass is 19.1. The first-order valence-electron chi connectivity index (χ1n) is 6.44. The molecule has 0 saturated carbocycles. The summed E-state index contributed by atoms with van der Waals surface area (Å²) in [5.41, 5.74) is 2.13. The van der Waals surface area contributed by atoms with E-state index in [2.05, 4.69) is 0 Å². The standard InChI is InChI=1S/C17H14FNO2/c1-11-3-5-15(12(2)20)17(7-11)21-10-13-4-6-16(18)14(8-13)9-19/h3-8H,10H2,1-2H3. The number of nitriles is 1. The fourth-order valence-corrected chi connectivity index (χ4v) is 1.95. The fourth-order valence-electron chi connectivity index (χ4n) is 1.95. The van der Waals surface area contributed by atoms with E-state index in [1.54, 1.807) is 24.3 Å². The highest BCUT2D eigenvalue weighted by Gasteiger charge is 2.09. The largest absolute Gasteiger partial charge is 0.488 e. The summed E-state index contributed by atoms with van der Waals surface area (Å²) < 4.78 is 18.9. The van der Waals surface area contributed by atoms with Crippen molar-refractivity contribution in [1.82, 2.24) is 0 Å². The van der Waals surface area contributed by atoms with Crippen LogP contribution in [0.5, 0.6) is 5.75 Å². The lowest BCUT2D eigenvalue weighted by Crippen LogP contribution is -2.02. The van der Waals surface area contributed by atoms with E-state index in [1.807, 2.05) is 13.0 Å². The third kappa shape index (κ3) is 3.46. The third-order valence-electron chi connectivity index (χ3n) is 3.06. The van der Waals surface area contributed by atoms with Gasteiger partial charge in [0.05, 0.1) is 11.1 Å². The molecule has 0 aliphatic heterocycles. The Bertz CT molecular complexity index is 732. The number of nitrogens with zero attached hydrogens (tertiary/aromatic N) is 1. The number of hydrogen-bond acceptors (Lipinski definition) is 3. The summed E-state index contributed by atoms with van der Waals surface area (Å²) in [5.74, 6) is -0.145. The maximum absolute atomic E-state index is 13.2. The van der Waals surface area contributed by atoms with Crippen molar-refractivity contribution in [3.05, 3.63) is 64.5 Å². The van der Waals surface area contributed by atoms with Gasteiger partial charge in [-0.05, 0) is 49.2 Å². The Labute approximate surface area is 122 Å². The molecule has 0 bridgehead atoms. The van der Waals surface area contributed by atoms with Crippen molar-refractivity contribution >= 4 is 5.78 Å². The molecule has 0 N–H and O–H groups in total. The third-order valence-corrected chi connectivity index (χ3v) is 3.06. The van der Waals surface area contributed by atoms with E-state index in [1.165, 1.54) is 19.1 Å². The van der Waals surface area contributed by atoms with Crippen LogP contribution in [0.4, 0.5) is 4.39 Å². The average molecular weight is 283 g/mol. The molecule has 21 heavy (non-hydrogen) atoms. The molecule has 0 heterocycles. The van der Waals surface area contributed by atoms with Crippen LogP contribution in [0.25, 0.3) is 0 Å². The minimum absolute atomic E-state index is 0.0212. The molecule has 0 unspecified atom stereocenters. The van der Waals surface area contributed by atoms with Gasteiger partial charge in [0, 0.05) is 0 Å². The highest BCUT2D eigenvalue weighted by Crippen LogP contribution is 2.22. The first-order chi connectivity index (χ1) is 10.0. The summed E-state index contributed by atoms with van der Waals surface area (Å²) in [5, 5.41) is 8.81. The molecular formula is C17H14FNO2. The van der Waals surface area contributed by atoms with E-state index in [9.17, 15) is 9.18 Å². The van der Waals surface area contributed by atoms with Crippen molar-refractivity contribution in [2.75, 3.05) is 0 Å². The first-order valence-corrected chi connectivity index (χ1v) is 6.44. The number of hydrogen-bond donors (Lipinski definition) is 0. The molecule has 0 atom stereocenters. The SMILES string of the molecule is CC(=O)c1ccc(C)cc1OCc1ccc(F)c(C#N)c1. The minimum atomic E-state index is -0.554. The summed E-state index contributed by atoms with van der Waals surface area (Å²) in [6, 6.07) is 11.4. The van der Waals surface area contributed by atoms with Gasteiger partial charge in [0.25, 0.3) is 0 Å². The van der Waals surface area contributed by atoms with Gasteiger partial charge >= 0.3 is 0 Å². The molecule has 0 spiro atoms. The summed E-state index contributed by atoms with van der Waals surface area (Å²) in [6.45, 7) is 3.55. The van der Waals surface area contributed by atoms with Crippen LogP contribution in [0.3, 0.4) is 0 Å². The normalized spacial score (nSPS) is 10.0. The van der Waals surface area contributed by atoms with Gasteiger partial charge in [0.1, 0.15) is 24.2 Å². The monoisotopic (exact) mass is 283 g/mol. The van der Waals surface area contributed by atoms with Gasteiger partial charge in [-0.3, -0.25) is 4.79 Å². The van der Waals surface area contributed by atoms with Crippen LogP contribution in [0.1, 0.15) is 34.0 Å². The van der Waals surface area contributed by atoms with E-state index in [0.29, 0.717) is 16.9 Å². The number of benzene rings is 2. The van der Waals surface area contributed by atoms with Gasteiger partial charge in [-0.15, -0.1) is 0 Å². The van der Waals surface area contributed by atoms with Crippen molar-refractivity contribution in [3.63, 3.8) is 0 Å². The van der Waals surface area contributed by atoms with Crippen molar-refractivity contribution in [1.29, 1.82) is 5.26 Å². The highest BCUT2D eigenvalue weighted by molar-refractivity contribution is 5.96. The predicted octanol–water partition coefficient (Wildman–Crippen LogP) is 3.79. The maximum atomic E-state index is 13.2. The van der Waals surface area contributed by atoms with Crippen LogP contribution in [0.2, 0.25) is 0 Å². The van der Waals surface area contributed by atoms with Gasteiger partial charge in [-0.2, -0.15) is 5.26 Å². The van der Waals surface area contributed by atoms with Gasteiger partial charge in [0.15, 0.2) is 5.78 Å². The Morgan fingerprint density at radius 1 is 1.29 bits per heavy atom. The number of aryl methyl sites for hydroxylation is 1. The number of carbonyl (C=O) groups excluding carboxylic acids is 1. The topological polar surface area (TPSA) is 50.1 Å². The molecule has 2 aromatic rings. The molecule has 0 aliphatic rings. The summed E-state index contributed by atoms with van der Waals surface area (Å²) in [7, 11) is 0. The number of ketones is 1. The van der Waals surface area contributed by atoms with Crippen molar-refractivity contribution < 1.29 is 13.9 Å². The van der Waals surface area contributed by atoms with Gasteiger partial charge in [-0.25, -0.2) is 4.39 Å². The quantitative estimate of drug-likeness (QED) is 0.802. The van der Waals surface area contributed by atoms with E-state index in [4.69, 9.17) is 10.00 Å². The lowest BCUT2D eigenvalue weighted by molar-refractivity contribution is 0.101. The Balaban J connectivity index is 2.22. The number of halogens is 1. The van der Waals surface area contributed by atoms with Crippen LogP contribution >= 0.6 is 0 Å². The van der Waals surface area contributed by atoms with E-state index in [-0.39, 0.29) is 18.0 Å². The first kappa shape index (κ1) is 14.7. The summed E-state index contributed by atoms with van der Waals surface area (Å²) in [4.78, 5) is 11.6. The zero-order valence-corrected chi connectivity index (χ0v) is 11.8. The Morgan fingerprint density at radius 2 is 2.05 bits per heavy atom. The van der Waals surface area contributed by atoms with E-state index < -0.39 is 5.82 Å². The van der Waals surface area contributed by atoms with Gasteiger partial charge in [-0.1, -0.05) is 12.1 Å². The van der Waals surface area contributed by atoms with E-state index >= 15 is 0 Å². The number of carbonyl (C=O) groups is 1. The molecule has 0 amide bonds. The Morgan fingerprint density at radius 3 is 2.71 bits per heavy atom. The van der Waals surface area contributed by atoms with Crippen LogP contribution in [-0.4, -0.2) is 5.78 Å². The molecule has 106 valence electrons. The molecule has 2 aromatic carbocycles. The second-order valence-electron chi connectivity index (χ2n) is 4.77. The molecule has 2 rings (SSSR count). The zero-order valence-electron chi connectivity index (χ0n) is 11.8. The Hall–Kier alpha value is -2.67. The number of rotatable bonds is 4. The van der Waals surface area contributed by atoms with Crippen LogP contribution in [0.15, 0.2) is 36.4 Å². The molecular weight excluding hydrogens is 269 g/mol. The van der Waals surface area contributed by atoms with Crippen LogP contribution < -0.4 is 4.74 Å². The Kier molecular flexibility index (Phi) is 4.34. The molecule has 0 aromatic heterocycles.